The smallest absolute Gasteiger partial charge is 0.273 e. The van der Waals surface area contributed by atoms with Crippen LogP contribution in [-0.4, -0.2) is 16.7 Å². The Balaban J connectivity index is 1.79. The van der Waals surface area contributed by atoms with E-state index in [2.05, 4.69) is 10.5 Å². The molecule has 0 bridgehead atoms. The van der Waals surface area contributed by atoms with E-state index in [0.29, 0.717) is 21.2 Å². The Morgan fingerprint density at radius 2 is 1.75 bits per heavy atom. The van der Waals surface area contributed by atoms with Crippen LogP contribution in [0.3, 0.4) is 0 Å². The van der Waals surface area contributed by atoms with Gasteiger partial charge in [0.2, 0.25) is 0 Å². The predicted molar refractivity (Wildman–Crippen MR) is 97.3 cm³/mol. The standard InChI is InChI=1S/C18H13Cl2N3O/c19-15-8-5-6-13(17(15)20)12-21-22-18(24)14-7-1-2-9-16(14)23-10-3-4-11-23/h1-12H,(H,22,24). The molecule has 0 saturated heterocycles. The number of benzene rings is 2. The third-order valence-corrected chi connectivity index (χ3v) is 4.22. The van der Waals surface area contributed by atoms with Gasteiger partial charge in [-0.25, -0.2) is 5.43 Å². The van der Waals surface area contributed by atoms with Crippen LogP contribution >= 0.6 is 23.2 Å². The SMILES string of the molecule is O=C(NN=Cc1cccc(Cl)c1Cl)c1ccccc1-n1cccc1. The minimum absolute atomic E-state index is 0.311. The number of carbonyl (C=O) groups is 1. The molecule has 120 valence electrons. The molecule has 0 saturated carbocycles. The highest BCUT2D eigenvalue weighted by Crippen LogP contribution is 2.24. The molecule has 1 N–H and O–H groups in total. The van der Waals surface area contributed by atoms with Gasteiger partial charge in [0, 0.05) is 18.0 Å². The summed E-state index contributed by atoms with van der Waals surface area (Å²) in [6, 6.07) is 16.3. The summed E-state index contributed by atoms with van der Waals surface area (Å²) in [7, 11) is 0. The van der Waals surface area contributed by atoms with Gasteiger partial charge in [-0.15, -0.1) is 0 Å². The lowest BCUT2D eigenvalue weighted by Crippen LogP contribution is -2.19. The monoisotopic (exact) mass is 357 g/mol. The molecule has 3 rings (SSSR count). The van der Waals surface area contributed by atoms with E-state index in [-0.39, 0.29) is 5.91 Å². The predicted octanol–water partition coefficient (Wildman–Crippen LogP) is 4.55. The Hall–Kier alpha value is -2.56. The van der Waals surface area contributed by atoms with Crippen molar-refractivity contribution in [3.63, 3.8) is 0 Å². The molecule has 3 aromatic rings. The van der Waals surface area contributed by atoms with Crippen molar-refractivity contribution in [2.75, 3.05) is 0 Å². The minimum Gasteiger partial charge on any atom is -0.323 e. The van der Waals surface area contributed by atoms with Crippen LogP contribution in [0.4, 0.5) is 0 Å². The van der Waals surface area contributed by atoms with Crippen molar-refractivity contribution in [1.82, 2.24) is 9.99 Å². The maximum absolute atomic E-state index is 12.4. The molecule has 0 spiro atoms. The molecule has 24 heavy (non-hydrogen) atoms. The lowest BCUT2D eigenvalue weighted by molar-refractivity contribution is 0.0955. The lowest BCUT2D eigenvalue weighted by Gasteiger charge is -2.09. The molecule has 1 heterocycles. The summed E-state index contributed by atoms with van der Waals surface area (Å²) in [6.45, 7) is 0. The van der Waals surface area contributed by atoms with Gasteiger partial charge < -0.3 is 4.57 Å². The van der Waals surface area contributed by atoms with Gasteiger partial charge in [-0.3, -0.25) is 4.79 Å². The fourth-order valence-corrected chi connectivity index (χ4v) is 2.58. The number of amides is 1. The van der Waals surface area contributed by atoms with E-state index in [1.165, 1.54) is 6.21 Å². The van der Waals surface area contributed by atoms with Crippen LogP contribution in [0, 0.1) is 0 Å². The van der Waals surface area contributed by atoms with Gasteiger partial charge in [-0.2, -0.15) is 5.10 Å². The number of hydrazone groups is 1. The average molecular weight is 358 g/mol. The minimum atomic E-state index is -0.311. The highest BCUT2D eigenvalue weighted by molar-refractivity contribution is 6.43. The Morgan fingerprint density at radius 1 is 1.00 bits per heavy atom. The van der Waals surface area contributed by atoms with Gasteiger partial charge in [0.05, 0.1) is 27.5 Å². The Morgan fingerprint density at radius 3 is 2.54 bits per heavy atom. The van der Waals surface area contributed by atoms with Crippen LogP contribution in [0.25, 0.3) is 5.69 Å². The summed E-state index contributed by atoms with van der Waals surface area (Å²) in [5, 5.41) is 4.79. The van der Waals surface area contributed by atoms with E-state index in [0.717, 1.165) is 5.69 Å². The van der Waals surface area contributed by atoms with Crippen molar-refractivity contribution < 1.29 is 4.79 Å². The molecule has 1 aromatic heterocycles. The molecule has 0 unspecified atom stereocenters. The number of nitrogens with one attached hydrogen (secondary N) is 1. The van der Waals surface area contributed by atoms with Crippen molar-refractivity contribution in [2.24, 2.45) is 5.10 Å². The van der Waals surface area contributed by atoms with Gasteiger partial charge in [0.25, 0.3) is 5.91 Å². The normalized spacial score (nSPS) is 10.9. The molecular formula is C18H13Cl2N3O. The molecule has 0 aliphatic carbocycles. The molecule has 2 aromatic carbocycles. The van der Waals surface area contributed by atoms with E-state index in [1.54, 1.807) is 30.3 Å². The summed E-state index contributed by atoms with van der Waals surface area (Å²) in [5.41, 5.74) is 4.43. The van der Waals surface area contributed by atoms with Crippen LogP contribution in [-0.2, 0) is 0 Å². The maximum Gasteiger partial charge on any atom is 0.273 e. The number of carbonyl (C=O) groups excluding carboxylic acids is 1. The first-order valence-electron chi connectivity index (χ1n) is 7.16. The van der Waals surface area contributed by atoms with Gasteiger partial charge in [-0.1, -0.05) is 47.5 Å². The number of hydrogen-bond acceptors (Lipinski definition) is 2. The molecular weight excluding hydrogens is 345 g/mol. The van der Waals surface area contributed by atoms with Gasteiger partial charge >= 0.3 is 0 Å². The third-order valence-electron chi connectivity index (χ3n) is 3.38. The topological polar surface area (TPSA) is 46.4 Å². The Labute approximate surface area is 149 Å². The van der Waals surface area contributed by atoms with Crippen molar-refractivity contribution in [1.29, 1.82) is 0 Å². The van der Waals surface area contributed by atoms with Gasteiger partial charge in [0.1, 0.15) is 0 Å². The second-order valence-electron chi connectivity index (χ2n) is 4.95. The van der Waals surface area contributed by atoms with E-state index in [1.807, 2.05) is 41.2 Å². The fourth-order valence-electron chi connectivity index (χ4n) is 2.23. The molecule has 0 aliphatic rings. The molecule has 0 fully saturated rings. The largest absolute Gasteiger partial charge is 0.323 e. The van der Waals surface area contributed by atoms with Crippen molar-refractivity contribution in [2.45, 2.75) is 0 Å². The number of nitrogens with zero attached hydrogens (tertiary/aromatic N) is 2. The average Bonchev–Trinajstić information content (AvgIpc) is 3.13. The van der Waals surface area contributed by atoms with Gasteiger partial charge in [0.15, 0.2) is 0 Å². The first kappa shape index (κ1) is 16.3. The van der Waals surface area contributed by atoms with Crippen molar-refractivity contribution in [3.05, 3.63) is 88.2 Å². The number of aromatic nitrogens is 1. The molecule has 0 atom stereocenters. The van der Waals surface area contributed by atoms with Crippen LogP contribution in [0.15, 0.2) is 72.1 Å². The van der Waals surface area contributed by atoms with E-state index in [4.69, 9.17) is 23.2 Å². The van der Waals surface area contributed by atoms with Crippen molar-refractivity contribution >= 4 is 35.3 Å². The molecule has 4 nitrogen and oxygen atoms in total. The van der Waals surface area contributed by atoms with Crippen LogP contribution in [0.1, 0.15) is 15.9 Å². The second kappa shape index (κ2) is 7.34. The van der Waals surface area contributed by atoms with Crippen LogP contribution in [0.2, 0.25) is 10.0 Å². The summed E-state index contributed by atoms with van der Waals surface area (Å²) < 4.78 is 1.87. The zero-order valence-electron chi connectivity index (χ0n) is 12.5. The highest BCUT2D eigenvalue weighted by Gasteiger charge is 2.11. The molecule has 1 amide bonds. The first-order chi connectivity index (χ1) is 11.7. The zero-order chi connectivity index (χ0) is 16.9. The summed E-state index contributed by atoms with van der Waals surface area (Å²) in [4.78, 5) is 12.4. The summed E-state index contributed by atoms with van der Waals surface area (Å²) >= 11 is 12.0. The number of hydrogen-bond donors (Lipinski definition) is 1. The van der Waals surface area contributed by atoms with Crippen LogP contribution < -0.4 is 5.43 Å². The number of rotatable bonds is 4. The fraction of sp³-hybridized carbons (Fsp3) is 0. The van der Waals surface area contributed by atoms with Crippen LogP contribution in [0.5, 0.6) is 0 Å². The van der Waals surface area contributed by atoms with Gasteiger partial charge in [-0.05, 0) is 30.3 Å². The molecule has 0 radical (unpaired) electrons. The van der Waals surface area contributed by atoms with E-state index < -0.39 is 0 Å². The van der Waals surface area contributed by atoms with Crippen molar-refractivity contribution in [3.8, 4) is 5.69 Å². The lowest BCUT2D eigenvalue weighted by atomic mass is 10.1. The van der Waals surface area contributed by atoms with E-state index in [9.17, 15) is 4.79 Å². The Bertz CT molecular complexity index is 889. The third kappa shape index (κ3) is 3.50. The van der Waals surface area contributed by atoms with E-state index >= 15 is 0 Å². The second-order valence-corrected chi connectivity index (χ2v) is 5.73. The zero-order valence-corrected chi connectivity index (χ0v) is 14.0. The number of halogens is 2. The Kier molecular flexibility index (Phi) is 4.99. The molecule has 6 heteroatoms. The first-order valence-corrected chi connectivity index (χ1v) is 7.92. The number of para-hydroxylation sites is 1. The molecule has 0 aliphatic heterocycles. The summed E-state index contributed by atoms with van der Waals surface area (Å²) in [6.07, 6.45) is 5.21. The summed E-state index contributed by atoms with van der Waals surface area (Å²) in [5.74, 6) is -0.311. The highest BCUT2D eigenvalue weighted by atomic mass is 35.5. The maximum atomic E-state index is 12.4. The quantitative estimate of drug-likeness (QED) is 0.540.